The Hall–Kier alpha value is -2.02. The van der Waals surface area contributed by atoms with Gasteiger partial charge in [0.1, 0.15) is 6.10 Å². The number of hydrogen-bond acceptors (Lipinski definition) is 5. The first kappa shape index (κ1) is 17.8. The lowest BCUT2D eigenvalue weighted by Crippen LogP contribution is -2.24. The van der Waals surface area contributed by atoms with E-state index in [1.165, 1.54) is 10.9 Å². The molecule has 8 heteroatoms. The standard InChI is InChI=1S/C17H19Cl2N5O/c1-10(8-20)25-14-15(18)23-17(19)24-16(14)21-7-6-11-9-22-13-5-3-2-4-12(11)13/h2-5,9-10,22H,6-8,20H2,1H3,(H,21,23,24)/t10-/m1/s1. The average molecular weight is 380 g/mol. The van der Waals surface area contributed by atoms with E-state index in [1.54, 1.807) is 0 Å². The Balaban J connectivity index is 1.74. The van der Waals surface area contributed by atoms with Crippen molar-refractivity contribution in [1.29, 1.82) is 0 Å². The van der Waals surface area contributed by atoms with E-state index in [-0.39, 0.29) is 16.5 Å². The lowest BCUT2D eigenvalue weighted by atomic mass is 10.1. The van der Waals surface area contributed by atoms with Gasteiger partial charge in [0.25, 0.3) is 0 Å². The van der Waals surface area contributed by atoms with Crippen LogP contribution in [0.1, 0.15) is 12.5 Å². The number of aromatic nitrogens is 3. The molecular weight excluding hydrogens is 361 g/mol. The van der Waals surface area contributed by atoms with E-state index in [1.807, 2.05) is 25.3 Å². The van der Waals surface area contributed by atoms with Crippen molar-refractivity contribution in [3.8, 4) is 5.75 Å². The molecule has 0 unspecified atom stereocenters. The van der Waals surface area contributed by atoms with Crippen LogP contribution in [0.5, 0.6) is 5.75 Å². The van der Waals surface area contributed by atoms with Gasteiger partial charge in [-0.05, 0) is 36.6 Å². The van der Waals surface area contributed by atoms with Gasteiger partial charge in [0.2, 0.25) is 5.28 Å². The summed E-state index contributed by atoms with van der Waals surface area (Å²) in [7, 11) is 0. The Morgan fingerprint density at radius 3 is 2.88 bits per heavy atom. The molecule has 3 rings (SSSR count). The summed E-state index contributed by atoms with van der Waals surface area (Å²) in [6, 6.07) is 8.18. The van der Waals surface area contributed by atoms with Crippen molar-refractivity contribution in [2.45, 2.75) is 19.4 Å². The van der Waals surface area contributed by atoms with Gasteiger partial charge in [-0.25, -0.2) is 4.98 Å². The molecular formula is C17H19Cl2N5O. The van der Waals surface area contributed by atoms with Crippen LogP contribution in [-0.2, 0) is 6.42 Å². The molecule has 2 heterocycles. The van der Waals surface area contributed by atoms with Crippen molar-refractivity contribution in [2.24, 2.45) is 5.73 Å². The largest absolute Gasteiger partial charge is 0.483 e. The van der Waals surface area contributed by atoms with Gasteiger partial charge in [-0.2, -0.15) is 4.98 Å². The molecule has 6 nitrogen and oxygen atoms in total. The van der Waals surface area contributed by atoms with Crippen LogP contribution < -0.4 is 15.8 Å². The van der Waals surface area contributed by atoms with Crippen molar-refractivity contribution in [3.05, 3.63) is 46.5 Å². The zero-order chi connectivity index (χ0) is 17.8. The van der Waals surface area contributed by atoms with Gasteiger partial charge >= 0.3 is 0 Å². The number of para-hydroxylation sites is 1. The van der Waals surface area contributed by atoms with Crippen molar-refractivity contribution in [3.63, 3.8) is 0 Å². The van der Waals surface area contributed by atoms with Gasteiger partial charge in [0.15, 0.2) is 16.7 Å². The Labute approximate surface area is 155 Å². The molecule has 0 saturated heterocycles. The Bertz CT molecular complexity index is 867. The van der Waals surface area contributed by atoms with Crippen LogP contribution in [0, 0.1) is 0 Å². The number of ether oxygens (including phenoxy) is 1. The number of H-pyrrole nitrogens is 1. The molecule has 132 valence electrons. The monoisotopic (exact) mass is 379 g/mol. The summed E-state index contributed by atoms with van der Waals surface area (Å²) < 4.78 is 5.73. The third-order valence-electron chi connectivity index (χ3n) is 3.81. The topological polar surface area (TPSA) is 88.8 Å². The van der Waals surface area contributed by atoms with Crippen LogP contribution >= 0.6 is 23.2 Å². The quantitative estimate of drug-likeness (QED) is 0.430. The van der Waals surface area contributed by atoms with Gasteiger partial charge in [-0.3, -0.25) is 0 Å². The van der Waals surface area contributed by atoms with Crippen LogP contribution in [0.3, 0.4) is 0 Å². The minimum atomic E-state index is -0.212. The molecule has 0 amide bonds. The van der Waals surface area contributed by atoms with E-state index in [0.717, 1.165) is 11.9 Å². The molecule has 0 radical (unpaired) electrons. The van der Waals surface area contributed by atoms with E-state index in [0.29, 0.717) is 24.7 Å². The summed E-state index contributed by atoms with van der Waals surface area (Å²) in [5, 5.41) is 4.66. The second kappa shape index (κ2) is 7.91. The fourth-order valence-electron chi connectivity index (χ4n) is 2.53. The average Bonchev–Trinajstić information content (AvgIpc) is 3.01. The summed E-state index contributed by atoms with van der Waals surface area (Å²) in [6.07, 6.45) is 2.60. The van der Waals surface area contributed by atoms with Crippen LogP contribution in [0.2, 0.25) is 10.4 Å². The Kier molecular flexibility index (Phi) is 5.63. The predicted molar refractivity (Wildman–Crippen MR) is 102 cm³/mol. The van der Waals surface area contributed by atoms with Crippen molar-refractivity contribution < 1.29 is 4.74 Å². The number of nitrogens with one attached hydrogen (secondary N) is 2. The van der Waals surface area contributed by atoms with E-state index in [9.17, 15) is 0 Å². The Morgan fingerprint density at radius 2 is 2.08 bits per heavy atom. The Morgan fingerprint density at radius 1 is 1.28 bits per heavy atom. The summed E-state index contributed by atoms with van der Waals surface area (Å²) in [4.78, 5) is 11.4. The third-order valence-corrected chi connectivity index (χ3v) is 4.23. The molecule has 0 spiro atoms. The number of rotatable bonds is 7. The van der Waals surface area contributed by atoms with Crippen molar-refractivity contribution in [1.82, 2.24) is 15.0 Å². The zero-order valence-corrected chi connectivity index (χ0v) is 15.2. The second-order valence-corrected chi connectivity index (χ2v) is 6.36. The second-order valence-electron chi connectivity index (χ2n) is 5.66. The van der Waals surface area contributed by atoms with Crippen LogP contribution in [0.4, 0.5) is 5.82 Å². The highest BCUT2D eigenvalue weighted by Gasteiger charge is 2.16. The number of anilines is 1. The molecule has 0 bridgehead atoms. The molecule has 3 aromatic rings. The molecule has 25 heavy (non-hydrogen) atoms. The van der Waals surface area contributed by atoms with E-state index < -0.39 is 0 Å². The number of benzene rings is 1. The minimum absolute atomic E-state index is 0.0624. The van der Waals surface area contributed by atoms with Gasteiger partial charge < -0.3 is 20.8 Å². The lowest BCUT2D eigenvalue weighted by molar-refractivity contribution is 0.229. The fourth-order valence-corrected chi connectivity index (χ4v) is 2.95. The molecule has 0 aliphatic carbocycles. The number of nitrogens with two attached hydrogens (primary N) is 1. The van der Waals surface area contributed by atoms with Crippen molar-refractivity contribution >= 4 is 39.9 Å². The number of hydrogen-bond donors (Lipinski definition) is 3. The fraction of sp³-hybridized carbons (Fsp3) is 0.294. The summed E-state index contributed by atoms with van der Waals surface area (Å²) in [6.45, 7) is 2.84. The maximum absolute atomic E-state index is 6.15. The first-order valence-electron chi connectivity index (χ1n) is 7.97. The van der Waals surface area contributed by atoms with Gasteiger partial charge in [-0.15, -0.1) is 0 Å². The summed E-state index contributed by atoms with van der Waals surface area (Å²) >= 11 is 12.1. The maximum Gasteiger partial charge on any atom is 0.226 e. The number of fused-ring (bicyclic) bond motifs is 1. The first-order valence-corrected chi connectivity index (χ1v) is 8.72. The molecule has 1 atom stereocenters. The van der Waals surface area contributed by atoms with Gasteiger partial charge in [-0.1, -0.05) is 29.8 Å². The zero-order valence-electron chi connectivity index (χ0n) is 13.7. The van der Waals surface area contributed by atoms with Gasteiger partial charge in [0.05, 0.1) is 0 Å². The van der Waals surface area contributed by atoms with E-state index in [2.05, 4.69) is 32.4 Å². The predicted octanol–water partition coefficient (Wildman–Crippen LogP) is 3.65. The van der Waals surface area contributed by atoms with Gasteiger partial charge in [0, 0.05) is 30.2 Å². The summed E-state index contributed by atoms with van der Waals surface area (Å²) in [5.41, 5.74) is 7.94. The minimum Gasteiger partial charge on any atom is -0.483 e. The molecule has 0 fully saturated rings. The number of halogens is 2. The van der Waals surface area contributed by atoms with Crippen LogP contribution in [-0.4, -0.2) is 34.1 Å². The third kappa shape index (κ3) is 4.15. The molecule has 0 saturated carbocycles. The van der Waals surface area contributed by atoms with E-state index >= 15 is 0 Å². The first-order chi connectivity index (χ1) is 12.1. The molecule has 2 aromatic heterocycles. The number of aromatic amines is 1. The highest BCUT2D eigenvalue weighted by molar-refractivity contribution is 6.33. The highest BCUT2D eigenvalue weighted by Crippen LogP contribution is 2.32. The highest BCUT2D eigenvalue weighted by atomic mass is 35.5. The SMILES string of the molecule is C[C@H](CN)Oc1c(Cl)nc(Cl)nc1NCCc1c[nH]c2ccccc12. The molecule has 1 aromatic carbocycles. The number of nitrogens with zero attached hydrogens (tertiary/aromatic N) is 2. The van der Waals surface area contributed by atoms with E-state index in [4.69, 9.17) is 33.7 Å². The normalized spacial score (nSPS) is 12.3. The molecule has 4 N–H and O–H groups in total. The maximum atomic E-state index is 6.15. The van der Waals surface area contributed by atoms with Crippen LogP contribution in [0.15, 0.2) is 30.5 Å². The smallest absolute Gasteiger partial charge is 0.226 e. The summed E-state index contributed by atoms with van der Waals surface area (Å²) in [5.74, 6) is 0.827. The molecule has 0 aliphatic heterocycles. The van der Waals surface area contributed by atoms with Crippen LogP contribution in [0.25, 0.3) is 10.9 Å². The molecule has 0 aliphatic rings. The lowest BCUT2D eigenvalue weighted by Gasteiger charge is -2.17. The van der Waals surface area contributed by atoms with Crippen molar-refractivity contribution in [2.75, 3.05) is 18.4 Å².